The summed E-state index contributed by atoms with van der Waals surface area (Å²) in [4.78, 5) is 0. The van der Waals surface area contributed by atoms with Crippen LogP contribution in [0.5, 0.6) is 0 Å². The average molecular weight is 416 g/mol. The molecule has 2 aliphatic heterocycles. The number of allylic oxidation sites excluding steroid dienone is 2. The van der Waals surface area contributed by atoms with E-state index in [0.717, 1.165) is 49.8 Å². The molecule has 0 saturated heterocycles. The van der Waals surface area contributed by atoms with Gasteiger partial charge in [-0.25, -0.2) is 0 Å². The zero-order chi connectivity index (χ0) is 21.6. The molecule has 1 aromatic carbocycles. The molecule has 0 spiro atoms. The van der Waals surface area contributed by atoms with Crippen molar-refractivity contribution in [3.05, 3.63) is 53.1 Å². The van der Waals surface area contributed by atoms with Gasteiger partial charge in [-0.2, -0.15) is 5.26 Å². The number of nitrogens with zero attached hydrogens (tertiary/aromatic N) is 1. The van der Waals surface area contributed by atoms with Gasteiger partial charge >= 0.3 is 0 Å². The van der Waals surface area contributed by atoms with Gasteiger partial charge in [-0.3, -0.25) is 0 Å². The predicted molar refractivity (Wildman–Crippen MR) is 131 cm³/mol. The number of nitrogens with one attached hydrogen (secondary N) is 3. The molecule has 1 aromatic rings. The smallest absolute Gasteiger partial charge is 0.199 e. The first-order valence-corrected chi connectivity index (χ1v) is 12.3. The number of rotatable bonds is 9. The van der Waals surface area contributed by atoms with Crippen molar-refractivity contribution in [2.75, 3.05) is 26.2 Å². The zero-order valence-electron chi connectivity index (χ0n) is 19.1. The fourth-order valence-electron chi connectivity index (χ4n) is 5.92. The van der Waals surface area contributed by atoms with Crippen molar-refractivity contribution < 1.29 is 0 Å². The summed E-state index contributed by atoms with van der Waals surface area (Å²) in [6.07, 6.45) is 8.75. The first-order chi connectivity index (χ1) is 15.2. The number of hydrogen-bond acceptors (Lipinski definition) is 4. The van der Waals surface area contributed by atoms with Crippen LogP contribution in [-0.2, 0) is 12.7 Å². The third-order valence-electron chi connectivity index (χ3n) is 7.48. The standard InChI is InChI=1S/C26H37BN4/c1-3-29-10-11-30-18-21-7-4-6-20(12-21)13-23-15-27-16-25-22(14-26(27)31-23)8-5-9-24(25)19(2)17-28/h5,8-9,15,20-21,26,29-31H,2-4,6-7,10-14,16,18H2,1H3/t20?,21?,26-/m0/s1. The fraction of sp³-hybridized carbons (Fsp3) is 0.577. The Labute approximate surface area is 188 Å². The van der Waals surface area contributed by atoms with Crippen molar-refractivity contribution in [1.29, 1.82) is 5.26 Å². The van der Waals surface area contributed by atoms with Gasteiger partial charge in [0.1, 0.15) is 0 Å². The van der Waals surface area contributed by atoms with E-state index < -0.39 is 0 Å². The van der Waals surface area contributed by atoms with E-state index >= 15 is 0 Å². The summed E-state index contributed by atoms with van der Waals surface area (Å²) in [5.41, 5.74) is 5.85. The van der Waals surface area contributed by atoms with E-state index in [2.05, 4.69) is 59.7 Å². The van der Waals surface area contributed by atoms with Crippen LogP contribution in [0.15, 0.2) is 36.5 Å². The second-order valence-electron chi connectivity index (χ2n) is 9.71. The Hall–Kier alpha value is -2.03. The van der Waals surface area contributed by atoms with Crippen LogP contribution in [0.4, 0.5) is 0 Å². The van der Waals surface area contributed by atoms with Gasteiger partial charge in [0.05, 0.1) is 11.6 Å². The molecule has 5 heteroatoms. The predicted octanol–water partition coefficient (Wildman–Crippen LogP) is 3.69. The van der Waals surface area contributed by atoms with Crippen molar-refractivity contribution in [2.45, 2.75) is 57.7 Å². The molecule has 164 valence electrons. The van der Waals surface area contributed by atoms with E-state index in [1.807, 2.05) is 0 Å². The Morgan fingerprint density at radius 2 is 2.10 bits per heavy atom. The second-order valence-corrected chi connectivity index (χ2v) is 9.71. The quantitative estimate of drug-likeness (QED) is 0.327. The van der Waals surface area contributed by atoms with Crippen LogP contribution in [-0.4, -0.2) is 38.8 Å². The Balaban J connectivity index is 1.31. The number of fused-ring (bicyclic) bond motifs is 2. The molecule has 0 aromatic heterocycles. The average Bonchev–Trinajstić information content (AvgIpc) is 3.17. The maximum Gasteiger partial charge on any atom is 0.199 e. The number of hydrogen-bond donors (Lipinski definition) is 3. The second kappa shape index (κ2) is 10.5. The van der Waals surface area contributed by atoms with Gasteiger partial charge in [-0.05, 0) is 79.3 Å². The lowest BCUT2D eigenvalue weighted by molar-refractivity contribution is 0.256. The minimum absolute atomic E-state index is 0.514. The Morgan fingerprint density at radius 3 is 2.94 bits per heavy atom. The van der Waals surface area contributed by atoms with Crippen LogP contribution < -0.4 is 16.0 Å². The summed E-state index contributed by atoms with van der Waals surface area (Å²) in [6, 6.07) is 8.62. The largest absolute Gasteiger partial charge is 0.393 e. The monoisotopic (exact) mass is 416 g/mol. The molecular weight excluding hydrogens is 379 g/mol. The Kier molecular flexibility index (Phi) is 7.53. The fourth-order valence-corrected chi connectivity index (χ4v) is 5.92. The lowest BCUT2D eigenvalue weighted by atomic mass is 9.39. The molecule has 2 unspecified atom stereocenters. The lowest BCUT2D eigenvalue weighted by Crippen LogP contribution is -2.42. The van der Waals surface area contributed by atoms with Gasteiger partial charge in [0.2, 0.25) is 0 Å². The molecule has 1 fully saturated rings. The molecule has 1 saturated carbocycles. The summed E-state index contributed by atoms with van der Waals surface area (Å²) in [7, 11) is 0. The molecule has 4 rings (SSSR count). The molecule has 3 aliphatic rings. The van der Waals surface area contributed by atoms with Gasteiger partial charge in [-0.15, -0.1) is 0 Å². The number of nitriles is 1. The number of benzene rings is 1. The third-order valence-corrected chi connectivity index (χ3v) is 7.48. The molecule has 1 aliphatic carbocycles. The highest BCUT2D eigenvalue weighted by molar-refractivity contribution is 6.67. The molecule has 2 heterocycles. The van der Waals surface area contributed by atoms with Gasteiger partial charge in [-0.1, -0.05) is 50.5 Å². The first kappa shape index (κ1) is 22.2. The van der Waals surface area contributed by atoms with E-state index in [-0.39, 0.29) is 0 Å². The number of likely N-dealkylation sites (N-methyl/N-ethyl adjacent to an activating group) is 1. The summed E-state index contributed by atoms with van der Waals surface area (Å²) >= 11 is 0. The summed E-state index contributed by atoms with van der Waals surface area (Å²) < 4.78 is 0. The van der Waals surface area contributed by atoms with Crippen LogP contribution >= 0.6 is 0 Å². The Morgan fingerprint density at radius 1 is 1.26 bits per heavy atom. The SMILES string of the molecule is C=C(C#N)c1cccc2c1CB1C=C(CC3CCCC(CNCCNCC)C3)N[C@H]1C2. The van der Waals surface area contributed by atoms with E-state index in [1.54, 1.807) is 0 Å². The van der Waals surface area contributed by atoms with Crippen LogP contribution in [0.3, 0.4) is 0 Å². The summed E-state index contributed by atoms with van der Waals surface area (Å²) in [6.45, 7) is 11.0. The van der Waals surface area contributed by atoms with Crippen molar-refractivity contribution in [3.8, 4) is 6.07 Å². The lowest BCUT2D eigenvalue weighted by Gasteiger charge is -2.31. The third kappa shape index (κ3) is 5.43. The van der Waals surface area contributed by atoms with E-state index in [9.17, 15) is 5.26 Å². The van der Waals surface area contributed by atoms with Crippen LogP contribution in [0.2, 0.25) is 0 Å². The molecule has 3 N–H and O–H groups in total. The van der Waals surface area contributed by atoms with E-state index in [0.29, 0.717) is 18.2 Å². The molecular formula is C26H37BN4. The molecule has 3 atom stereocenters. The molecule has 0 bridgehead atoms. The molecule has 31 heavy (non-hydrogen) atoms. The maximum atomic E-state index is 9.33. The molecule has 0 amide bonds. The van der Waals surface area contributed by atoms with Gasteiger partial charge in [0.15, 0.2) is 6.71 Å². The minimum atomic E-state index is 0.514. The summed E-state index contributed by atoms with van der Waals surface area (Å²) in [5.74, 6) is 4.66. The van der Waals surface area contributed by atoms with Gasteiger partial charge in [0, 0.05) is 19.0 Å². The van der Waals surface area contributed by atoms with E-state index in [1.165, 1.54) is 55.5 Å². The normalized spacial score (nSPS) is 24.6. The highest BCUT2D eigenvalue weighted by atomic mass is 14.9. The highest BCUT2D eigenvalue weighted by Gasteiger charge is 2.36. The highest BCUT2D eigenvalue weighted by Crippen LogP contribution is 2.35. The van der Waals surface area contributed by atoms with Gasteiger partial charge < -0.3 is 16.0 Å². The topological polar surface area (TPSA) is 59.9 Å². The minimum Gasteiger partial charge on any atom is -0.393 e. The van der Waals surface area contributed by atoms with Crippen molar-refractivity contribution in [3.63, 3.8) is 0 Å². The maximum absolute atomic E-state index is 9.33. The van der Waals surface area contributed by atoms with Crippen molar-refractivity contribution >= 4 is 12.3 Å². The molecule has 4 nitrogen and oxygen atoms in total. The van der Waals surface area contributed by atoms with Crippen LogP contribution in [0, 0.1) is 23.2 Å². The van der Waals surface area contributed by atoms with Crippen molar-refractivity contribution in [1.82, 2.24) is 16.0 Å². The van der Waals surface area contributed by atoms with E-state index in [4.69, 9.17) is 0 Å². The van der Waals surface area contributed by atoms with Gasteiger partial charge in [0.25, 0.3) is 0 Å². The Bertz CT molecular complexity index is 855. The van der Waals surface area contributed by atoms with Crippen molar-refractivity contribution in [2.24, 2.45) is 11.8 Å². The van der Waals surface area contributed by atoms with Crippen LogP contribution in [0.1, 0.15) is 55.7 Å². The summed E-state index contributed by atoms with van der Waals surface area (Å²) in [5, 5.41) is 20.2. The molecule has 0 radical (unpaired) electrons. The zero-order valence-corrected chi connectivity index (χ0v) is 19.1. The first-order valence-electron chi connectivity index (χ1n) is 12.3. The van der Waals surface area contributed by atoms with Crippen LogP contribution in [0.25, 0.3) is 5.57 Å².